The molecule has 0 spiro atoms. The molecule has 26 heavy (non-hydrogen) atoms. The molecule has 1 aliphatic heterocycles. The number of rotatable bonds is 4. The zero-order chi connectivity index (χ0) is 18.5. The van der Waals surface area contributed by atoms with Crippen molar-refractivity contribution in [3.8, 4) is 0 Å². The SMILES string of the molecule is C[C@@H]1CCCC[C@H]1NC(=O)CN1CCN(C(=O)c2ccccc2Cl)CC1. The van der Waals surface area contributed by atoms with Crippen LogP contribution in [-0.4, -0.2) is 60.4 Å². The van der Waals surface area contributed by atoms with Crippen molar-refractivity contribution in [2.75, 3.05) is 32.7 Å². The van der Waals surface area contributed by atoms with Crippen molar-refractivity contribution in [1.29, 1.82) is 0 Å². The first-order valence-corrected chi connectivity index (χ1v) is 9.98. The summed E-state index contributed by atoms with van der Waals surface area (Å²) in [4.78, 5) is 28.9. The fraction of sp³-hybridized carbons (Fsp3) is 0.600. The minimum atomic E-state index is -0.0317. The molecule has 1 saturated carbocycles. The Labute approximate surface area is 160 Å². The largest absolute Gasteiger partial charge is 0.352 e. The van der Waals surface area contributed by atoms with Gasteiger partial charge in [-0.25, -0.2) is 0 Å². The molecule has 1 heterocycles. The van der Waals surface area contributed by atoms with Gasteiger partial charge in [-0.1, -0.05) is 43.5 Å². The molecule has 1 aliphatic carbocycles. The second-order valence-electron chi connectivity index (χ2n) is 7.48. The summed E-state index contributed by atoms with van der Waals surface area (Å²) in [6, 6.07) is 7.46. The van der Waals surface area contributed by atoms with E-state index in [0.717, 1.165) is 6.42 Å². The molecule has 1 aromatic rings. The Morgan fingerprint density at radius 3 is 2.50 bits per heavy atom. The lowest BCUT2D eigenvalue weighted by molar-refractivity contribution is -0.123. The monoisotopic (exact) mass is 377 g/mol. The Balaban J connectivity index is 1.45. The summed E-state index contributed by atoms with van der Waals surface area (Å²) in [5.74, 6) is 0.642. The van der Waals surface area contributed by atoms with Crippen LogP contribution in [-0.2, 0) is 4.79 Å². The van der Waals surface area contributed by atoms with Crippen molar-refractivity contribution in [3.63, 3.8) is 0 Å². The van der Waals surface area contributed by atoms with E-state index < -0.39 is 0 Å². The van der Waals surface area contributed by atoms with Crippen LogP contribution in [0.2, 0.25) is 5.02 Å². The summed E-state index contributed by atoms with van der Waals surface area (Å²) in [5.41, 5.74) is 0.548. The van der Waals surface area contributed by atoms with E-state index in [4.69, 9.17) is 11.6 Å². The fourth-order valence-corrected chi connectivity index (χ4v) is 4.12. The lowest BCUT2D eigenvalue weighted by Gasteiger charge is -2.35. The molecule has 2 amide bonds. The number of hydrogen-bond donors (Lipinski definition) is 1. The third-order valence-electron chi connectivity index (χ3n) is 5.59. The lowest BCUT2D eigenvalue weighted by Crippen LogP contribution is -2.52. The molecule has 6 heteroatoms. The summed E-state index contributed by atoms with van der Waals surface area (Å²) in [6.45, 7) is 5.31. The van der Waals surface area contributed by atoms with Crippen LogP contribution in [0.3, 0.4) is 0 Å². The van der Waals surface area contributed by atoms with Crippen LogP contribution in [0.25, 0.3) is 0 Å². The van der Waals surface area contributed by atoms with E-state index in [1.54, 1.807) is 12.1 Å². The number of carbonyl (C=O) groups excluding carboxylic acids is 2. The molecule has 5 nitrogen and oxygen atoms in total. The van der Waals surface area contributed by atoms with Gasteiger partial charge in [-0.2, -0.15) is 0 Å². The van der Waals surface area contributed by atoms with Crippen LogP contribution in [0.5, 0.6) is 0 Å². The molecule has 2 atom stereocenters. The van der Waals surface area contributed by atoms with Gasteiger partial charge in [0.25, 0.3) is 5.91 Å². The van der Waals surface area contributed by atoms with Crippen molar-refractivity contribution in [2.45, 2.75) is 38.6 Å². The number of carbonyl (C=O) groups is 2. The number of halogens is 1. The van der Waals surface area contributed by atoms with Crippen molar-refractivity contribution in [3.05, 3.63) is 34.9 Å². The zero-order valence-electron chi connectivity index (χ0n) is 15.4. The maximum atomic E-state index is 12.6. The highest BCUT2D eigenvalue weighted by Crippen LogP contribution is 2.23. The van der Waals surface area contributed by atoms with Gasteiger partial charge in [-0.15, -0.1) is 0 Å². The predicted molar refractivity (Wildman–Crippen MR) is 103 cm³/mol. The molecule has 2 aliphatic rings. The average Bonchev–Trinajstić information content (AvgIpc) is 2.64. The summed E-state index contributed by atoms with van der Waals surface area (Å²) in [6.07, 6.45) is 4.77. The van der Waals surface area contributed by atoms with E-state index in [-0.39, 0.29) is 11.8 Å². The quantitative estimate of drug-likeness (QED) is 0.877. The first-order valence-electron chi connectivity index (χ1n) is 9.60. The van der Waals surface area contributed by atoms with Gasteiger partial charge in [0.2, 0.25) is 5.91 Å². The van der Waals surface area contributed by atoms with Gasteiger partial charge in [0.1, 0.15) is 0 Å². The highest BCUT2D eigenvalue weighted by molar-refractivity contribution is 6.33. The smallest absolute Gasteiger partial charge is 0.255 e. The second kappa shape index (κ2) is 8.87. The van der Waals surface area contributed by atoms with Crippen LogP contribution in [0.4, 0.5) is 0 Å². The van der Waals surface area contributed by atoms with Crippen LogP contribution < -0.4 is 5.32 Å². The third-order valence-corrected chi connectivity index (χ3v) is 5.92. The van der Waals surface area contributed by atoms with Gasteiger partial charge in [-0.3, -0.25) is 14.5 Å². The second-order valence-corrected chi connectivity index (χ2v) is 7.89. The van der Waals surface area contributed by atoms with Crippen molar-refractivity contribution in [1.82, 2.24) is 15.1 Å². The van der Waals surface area contributed by atoms with Crippen molar-refractivity contribution in [2.24, 2.45) is 5.92 Å². The molecule has 0 bridgehead atoms. The van der Waals surface area contributed by atoms with E-state index in [2.05, 4.69) is 17.1 Å². The Morgan fingerprint density at radius 1 is 1.12 bits per heavy atom. The Morgan fingerprint density at radius 2 is 1.81 bits per heavy atom. The van der Waals surface area contributed by atoms with E-state index in [1.165, 1.54) is 19.3 Å². The standard InChI is InChI=1S/C20H28ClN3O2/c1-15-6-2-5-9-18(15)22-19(25)14-23-10-12-24(13-11-23)20(26)16-7-3-4-8-17(16)21/h3-4,7-8,15,18H,2,5-6,9-14H2,1H3,(H,22,25)/t15-,18-/m1/s1. The van der Waals surface area contributed by atoms with E-state index in [1.807, 2.05) is 17.0 Å². The lowest BCUT2D eigenvalue weighted by atomic mass is 9.86. The van der Waals surface area contributed by atoms with Crippen LogP contribution in [0.15, 0.2) is 24.3 Å². The number of benzene rings is 1. The van der Waals surface area contributed by atoms with Gasteiger partial charge in [0.05, 0.1) is 17.1 Å². The third kappa shape index (κ3) is 4.77. The minimum Gasteiger partial charge on any atom is -0.352 e. The van der Waals surface area contributed by atoms with Crippen molar-refractivity contribution >= 4 is 23.4 Å². The summed E-state index contributed by atoms with van der Waals surface area (Å²) in [5, 5.41) is 3.69. The number of amides is 2. The molecule has 1 N–H and O–H groups in total. The summed E-state index contributed by atoms with van der Waals surface area (Å²) < 4.78 is 0. The van der Waals surface area contributed by atoms with Gasteiger partial charge in [0.15, 0.2) is 0 Å². The fourth-order valence-electron chi connectivity index (χ4n) is 3.90. The van der Waals surface area contributed by atoms with E-state index in [0.29, 0.717) is 55.3 Å². The predicted octanol–water partition coefficient (Wildman–Crippen LogP) is 2.79. The molecular weight excluding hydrogens is 350 g/mol. The molecule has 2 fully saturated rings. The van der Waals surface area contributed by atoms with Gasteiger partial charge >= 0.3 is 0 Å². The van der Waals surface area contributed by atoms with Crippen LogP contribution in [0, 0.1) is 5.92 Å². The Hall–Kier alpha value is -1.59. The number of nitrogens with one attached hydrogen (secondary N) is 1. The van der Waals surface area contributed by atoms with Gasteiger partial charge < -0.3 is 10.2 Å². The van der Waals surface area contributed by atoms with E-state index in [9.17, 15) is 9.59 Å². The minimum absolute atomic E-state index is 0.0317. The topological polar surface area (TPSA) is 52.7 Å². The van der Waals surface area contributed by atoms with Crippen LogP contribution >= 0.6 is 11.6 Å². The van der Waals surface area contributed by atoms with Gasteiger partial charge in [0, 0.05) is 32.2 Å². The highest BCUT2D eigenvalue weighted by Gasteiger charge is 2.26. The molecule has 0 unspecified atom stereocenters. The summed E-state index contributed by atoms with van der Waals surface area (Å²) in [7, 11) is 0. The molecule has 3 rings (SSSR count). The maximum absolute atomic E-state index is 12.6. The Kier molecular flexibility index (Phi) is 6.54. The molecule has 0 radical (unpaired) electrons. The first-order chi connectivity index (χ1) is 12.5. The molecular formula is C20H28ClN3O2. The zero-order valence-corrected chi connectivity index (χ0v) is 16.2. The average molecular weight is 378 g/mol. The number of hydrogen-bond acceptors (Lipinski definition) is 3. The first kappa shape index (κ1) is 19.2. The Bertz CT molecular complexity index is 644. The van der Waals surface area contributed by atoms with E-state index >= 15 is 0 Å². The van der Waals surface area contributed by atoms with Gasteiger partial charge in [-0.05, 0) is 30.9 Å². The molecule has 0 aromatic heterocycles. The molecule has 1 aromatic carbocycles. The van der Waals surface area contributed by atoms with Crippen LogP contribution in [0.1, 0.15) is 43.0 Å². The number of nitrogens with zero attached hydrogens (tertiary/aromatic N) is 2. The molecule has 142 valence electrons. The normalized spacial score (nSPS) is 24.3. The molecule has 1 saturated heterocycles. The highest BCUT2D eigenvalue weighted by atomic mass is 35.5. The summed E-state index contributed by atoms with van der Waals surface area (Å²) >= 11 is 6.13. The maximum Gasteiger partial charge on any atom is 0.255 e. The number of piperazine rings is 1. The van der Waals surface area contributed by atoms with Crippen molar-refractivity contribution < 1.29 is 9.59 Å².